The summed E-state index contributed by atoms with van der Waals surface area (Å²) < 4.78 is 0. The van der Waals surface area contributed by atoms with Gasteiger partial charge in [0.05, 0.1) is 5.75 Å². The van der Waals surface area contributed by atoms with Gasteiger partial charge in [0.25, 0.3) is 0 Å². The van der Waals surface area contributed by atoms with Gasteiger partial charge in [-0.05, 0) is 37.1 Å². The molecule has 0 aliphatic heterocycles. The zero-order chi connectivity index (χ0) is 19.1. The molecule has 0 spiro atoms. The van der Waals surface area contributed by atoms with Crippen LogP contribution in [0.25, 0.3) is 0 Å². The van der Waals surface area contributed by atoms with E-state index in [1.807, 2.05) is 37.3 Å². The zero-order valence-corrected chi connectivity index (χ0v) is 16.9. The van der Waals surface area contributed by atoms with Crippen LogP contribution in [-0.4, -0.2) is 21.6 Å². The molecule has 0 aliphatic rings. The summed E-state index contributed by atoms with van der Waals surface area (Å²) in [4.78, 5) is 22.2. The fraction of sp³-hybridized carbons (Fsp3) is 0.190. The Hall–Kier alpha value is -2.31. The molecule has 0 aliphatic carbocycles. The van der Waals surface area contributed by atoms with Crippen molar-refractivity contribution in [2.45, 2.75) is 35.3 Å². The SMILES string of the molecule is Cc1cccc(Sc2nccnc2SCC(=O)NCc2ccccc2C)c1. The molecule has 0 saturated heterocycles. The van der Waals surface area contributed by atoms with Crippen molar-refractivity contribution in [3.8, 4) is 0 Å². The smallest absolute Gasteiger partial charge is 0.230 e. The Labute approximate surface area is 168 Å². The molecular formula is C21H21N3OS2. The minimum absolute atomic E-state index is 0.0135. The summed E-state index contributed by atoms with van der Waals surface area (Å²) in [7, 11) is 0. The first-order valence-electron chi connectivity index (χ1n) is 8.61. The maximum absolute atomic E-state index is 12.2. The summed E-state index contributed by atoms with van der Waals surface area (Å²) in [6, 6.07) is 16.3. The van der Waals surface area contributed by atoms with Crippen LogP contribution in [0.15, 0.2) is 75.9 Å². The molecule has 1 aromatic heterocycles. The monoisotopic (exact) mass is 395 g/mol. The second kappa shape index (κ2) is 9.58. The highest BCUT2D eigenvalue weighted by Crippen LogP contribution is 2.32. The average Bonchev–Trinajstić information content (AvgIpc) is 2.67. The summed E-state index contributed by atoms with van der Waals surface area (Å²) in [6.45, 7) is 4.65. The number of carbonyl (C=O) groups is 1. The Morgan fingerprint density at radius 1 is 1.00 bits per heavy atom. The van der Waals surface area contributed by atoms with Gasteiger partial charge in [0.1, 0.15) is 10.1 Å². The number of amides is 1. The van der Waals surface area contributed by atoms with E-state index < -0.39 is 0 Å². The third-order valence-corrected chi connectivity index (χ3v) is 6.00. The number of carbonyl (C=O) groups excluding carboxylic acids is 1. The van der Waals surface area contributed by atoms with Crippen LogP contribution in [0.4, 0.5) is 0 Å². The Balaban J connectivity index is 1.58. The van der Waals surface area contributed by atoms with Crippen molar-refractivity contribution >= 4 is 29.4 Å². The maximum atomic E-state index is 12.2. The van der Waals surface area contributed by atoms with Gasteiger partial charge in [-0.2, -0.15) is 0 Å². The predicted molar refractivity (Wildman–Crippen MR) is 111 cm³/mol. The van der Waals surface area contributed by atoms with Crippen LogP contribution < -0.4 is 5.32 Å². The van der Waals surface area contributed by atoms with Crippen molar-refractivity contribution in [2.75, 3.05) is 5.75 Å². The molecule has 1 heterocycles. The van der Waals surface area contributed by atoms with E-state index in [2.05, 4.69) is 40.4 Å². The number of aryl methyl sites for hydroxylation is 2. The topological polar surface area (TPSA) is 54.9 Å². The van der Waals surface area contributed by atoms with Crippen molar-refractivity contribution in [3.05, 3.63) is 77.6 Å². The standard InChI is InChI=1S/C21H21N3OS2/c1-15-6-5-9-18(12-15)27-21-20(22-10-11-23-21)26-14-19(25)24-13-17-8-4-3-7-16(17)2/h3-12H,13-14H2,1-2H3,(H,24,25). The van der Waals surface area contributed by atoms with E-state index in [0.717, 1.165) is 20.5 Å². The average molecular weight is 396 g/mol. The quantitative estimate of drug-likeness (QED) is 0.590. The first-order chi connectivity index (χ1) is 13.1. The fourth-order valence-electron chi connectivity index (χ4n) is 2.46. The number of hydrogen-bond donors (Lipinski definition) is 1. The number of benzene rings is 2. The molecule has 0 saturated carbocycles. The second-order valence-electron chi connectivity index (χ2n) is 6.08. The molecule has 1 N–H and O–H groups in total. The molecule has 0 unspecified atom stereocenters. The van der Waals surface area contributed by atoms with Crippen molar-refractivity contribution in [2.24, 2.45) is 0 Å². The van der Waals surface area contributed by atoms with E-state index in [4.69, 9.17) is 0 Å². The molecule has 1 amide bonds. The van der Waals surface area contributed by atoms with E-state index in [9.17, 15) is 4.79 Å². The first-order valence-corrected chi connectivity index (χ1v) is 10.4. The third-order valence-electron chi connectivity index (χ3n) is 3.91. The van der Waals surface area contributed by atoms with E-state index in [1.165, 1.54) is 22.9 Å². The molecule has 138 valence electrons. The summed E-state index contributed by atoms with van der Waals surface area (Å²) >= 11 is 2.98. The van der Waals surface area contributed by atoms with Crippen LogP contribution in [-0.2, 0) is 11.3 Å². The molecule has 0 bridgehead atoms. The van der Waals surface area contributed by atoms with Crippen LogP contribution in [0.5, 0.6) is 0 Å². The fourth-order valence-corrected chi connectivity index (χ4v) is 4.31. The highest BCUT2D eigenvalue weighted by molar-refractivity contribution is 8.02. The van der Waals surface area contributed by atoms with Gasteiger partial charge < -0.3 is 5.32 Å². The van der Waals surface area contributed by atoms with Gasteiger partial charge in [-0.1, -0.05) is 65.5 Å². The Morgan fingerprint density at radius 2 is 1.78 bits per heavy atom. The second-order valence-corrected chi connectivity index (χ2v) is 8.10. The number of nitrogens with zero attached hydrogens (tertiary/aromatic N) is 2. The van der Waals surface area contributed by atoms with Crippen molar-refractivity contribution in [1.29, 1.82) is 0 Å². The minimum Gasteiger partial charge on any atom is -0.351 e. The molecule has 4 nitrogen and oxygen atoms in total. The number of nitrogens with one attached hydrogen (secondary N) is 1. The summed E-state index contributed by atoms with van der Waals surface area (Å²) in [6.07, 6.45) is 3.34. The van der Waals surface area contributed by atoms with Crippen LogP contribution in [0.1, 0.15) is 16.7 Å². The van der Waals surface area contributed by atoms with Crippen LogP contribution in [0.3, 0.4) is 0 Å². The summed E-state index contributed by atoms with van der Waals surface area (Å²) in [5.41, 5.74) is 3.51. The van der Waals surface area contributed by atoms with Crippen molar-refractivity contribution in [3.63, 3.8) is 0 Å². The van der Waals surface area contributed by atoms with Gasteiger partial charge in [0, 0.05) is 23.8 Å². The molecule has 0 radical (unpaired) electrons. The van der Waals surface area contributed by atoms with Gasteiger partial charge in [0.2, 0.25) is 5.91 Å². The molecule has 27 heavy (non-hydrogen) atoms. The lowest BCUT2D eigenvalue weighted by Crippen LogP contribution is -2.25. The largest absolute Gasteiger partial charge is 0.351 e. The third kappa shape index (κ3) is 5.84. The van der Waals surface area contributed by atoms with E-state index in [1.54, 1.807) is 24.2 Å². The number of rotatable bonds is 7. The van der Waals surface area contributed by atoms with Gasteiger partial charge in [-0.3, -0.25) is 4.79 Å². The van der Waals surface area contributed by atoms with Crippen molar-refractivity contribution < 1.29 is 4.79 Å². The Kier molecular flexibility index (Phi) is 6.90. The minimum atomic E-state index is -0.0135. The number of hydrogen-bond acceptors (Lipinski definition) is 5. The zero-order valence-electron chi connectivity index (χ0n) is 15.3. The Morgan fingerprint density at radius 3 is 2.56 bits per heavy atom. The lowest BCUT2D eigenvalue weighted by molar-refractivity contribution is -0.118. The van der Waals surface area contributed by atoms with E-state index in [0.29, 0.717) is 12.3 Å². The maximum Gasteiger partial charge on any atom is 0.230 e. The van der Waals surface area contributed by atoms with E-state index in [-0.39, 0.29) is 5.91 Å². The number of thioether (sulfide) groups is 1. The summed E-state index contributed by atoms with van der Waals surface area (Å²) in [5, 5.41) is 4.56. The normalized spacial score (nSPS) is 10.6. The molecule has 2 aromatic carbocycles. The number of aromatic nitrogens is 2. The van der Waals surface area contributed by atoms with Gasteiger partial charge >= 0.3 is 0 Å². The molecule has 6 heteroatoms. The van der Waals surface area contributed by atoms with Crippen LogP contribution in [0, 0.1) is 13.8 Å². The molecular weight excluding hydrogens is 374 g/mol. The highest BCUT2D eigenvalue weighted by atomic mass is 32.2. The van der Waals surface area contributed by atoms with Gasteiger partial charge in [0.15, 0.2) is 0 Å². The predicted octanol–water partition coefficient (Wildman–Crippen LogP) is 4.65. The Bertz CT molecular complexity index is 931. The molecule has 3 rings (SSSR count). The van der Waals surface area contributed by atoms with Crippen molar-refractivity contribution in [1.82, 2.24) is 15.3 Å². The molecule has 0 atom stereocenters. The van der Waals surface area contributed by atoms with E-state index >= 15 is 0 Å². The van der Waals surface area contributed by atoms with Gasteiger partial charge in [-0.25, -0.2) is 9.97 Å². The highest BCUT2D eigenvalue weighted by Gasteiger charge is 2.11. The van der Waals surface area contributed by atoms with Crippen LogP contribution >= 0.6 is 23.5 Å². The summed E-state index contributed by atoms with van der Waals surface area (Å²) in [5.74, 6) is 0.298. The lowest BCUT2D eigenvalue weighted by Gasteiger charge is -2.09. The first kappa shape index (κ1) is 19.5. The molecule has 0 fully saturated rings. The van der Waals surface area contributed by atoms with Crippen LogP contribution in [0.2, 0.25) is 0 Å². The molecule has 3 aromatic rings. The lowest BCUT2D eigenvalue weighted by atomic mass is 10.1. The van der Waals surface area contributed by atoms with Gasteiger partial charge in [-0.15, -0.1) is 0 Å².